The summed E-state index contributed by atoms with van der Waals surface area (Å²) in [6, 6.07) is 16.6. The first-order valence-corrected chi connectivity index (χ1v) is 8.30. The molecule has 1 heterocycles. The Bertz CT molecular complexity index is 828. The zero-order valence-corrected chi connectivity index (χ0v) is 14.8. The maximum absolute atomic E-state index is 12.5. The summed E-state index contributed by atoms with van der Waals surface area (Å²) in [5.41, 5.74) is 1.55. The molecule has 0 aliphatic carbocycles. The second-order valence-electron chi connectivity index (χ2n) is 5.75. The van der Waals surface area contributed by atoms with Gasteiger partial charge in [-0.1, -0.05) is 0 Å². The number of aromatic nitrogens is 2. The van der Waals surface area contributed by atoms with Crippen molar-refractivity contribution in [1.29, 1.82) is 0 Å². The molecule has 2 aromatic carbocycles. The molecule has 26 heavy (non-hydrogen) atoms. The molecule has 6 nitrogen and oxygen atoms in total. The van der Waals surface area contributed by atoms with Gasteiger partial charge in [-0.05, 0) is 54.6 Å². The van der Waals surface area contributed by atoms with Gasteiger partial charge in [0.15, 0.2) is 0 Å². The molecule has 3 rings (SSSR count). The van der Waals surface area contributed by atoms with Crippen LogP contribution in [0.4, 0.5) is 0 Å². The second-order valence-corrected chi connectivity index (χ2v) is 5.75. The summed E-state index contributed by atoms with van der Waals surface area (Å²) in [6.45, 7) is 0.908. The minimum atomic E-state index is -0.0460. The van der Waals surface area contributed by atoms with E-state index >= 15 is 0 Å². The van der Waals surface area contributed by atoms with Crippen LogP contribution in [0, 0.1) is 0 Å². The van der Waals surface area contributed by atoms with Crippen LogP contribution in [0.1, 0.15) is 10.4 Å². The number of carbonyl (C=O) groups is 1. The molecule has 3 aromatic rings. The molecule has 0 unspecified atom stereocenters. The lowest BCUT2D eigenvalue weighted by Gasteiger charge is -2.18. The number of methoxy groups -OCH3 is 1. The van der Waals surface area contributed by atoms with Gasteiger partial charge in [0, 0.05) is 25.0 Å². The monoisotopic (exact) mass is 351 g/mol. The lowest BCUT2D eigenvalue weighted by Crippen LogP contribution is -2.30. The van der Waals surface area contributed by atoms with Crippen LogP contribution in [-0.2, 0) is 0 Å². The Labute approximate surface area is 152 Å². The van der Waals surface area contributed by atoms with Gasteiger partial charge in [-0.2, -0.15) is 5.10 Å². The van der Waals surface area contributed by atoms with Gasteiger partial charge in [0.25, 0.3) is 5.91 Å². The smallest absolute Gasteiger partial charge is 0.253 e. The highest BCUT2D eigenvalue weighted by atomic mass is 16.5. The van der Waals surface area contributed by atoms with Gasteiger partial charge < -0.3 is 14.4 Å². The highest BCUT2D eigenvalue weighted by Gasteiger charge is 2.12. The highest BCUT2D eigenvalue weighted by molar-refractivity contribution is 5.94. The van der Waals surface area contributed by atoms with Crippen LogP contribution in [0.3, 0.4) is 0 Å². The van der Waals surface area contributed by atoms with Gasteiger partial charge in [-0.15, -0.1) is 0 Å². The predicted molar refractivity (Wildman–Crippen MR) is 99.0 cm³/mol. The summed E-state index contributed by atoms with van der Waals surface area (Å²) >= 11 is 0. The molecule has 0 saturated heterocycles. The third-order valence-corrected chi connectivity index (χ3v) is 3.98. The number of likely N-dealkylation sites (N-methyl/N-ethyl adjacent to an activating group) is 1. The Morgan fingerprint density at radius 1 is 1.08 bits per heavy atom. The van der Waals surface area contributed by atoms with Gasteiger partial charge in [-0.25, -0.2) is 4.68 Å². The van der Waals surface area contributed by atoms with Crippen molar-refractivity contribution in [3.8, 4) is 17.2 Å². The Balaban J connectivity index is 1.52. The largest absolute Gasteiger partial charge is 0.497 e. The molecule has 1 aromatic heterocycles. The van der Waals surface area contributed by atoms with Crippen molar-refractivity contribution >= 4 is 5.91 Å². The topological polar surface area (TPSA) is 56.6 Å². The summed E-state index contributed by atoms with van der Waals surface area (Å²) in [6.07, 6.45) is 3.58. The van der Waals surface area contributed by atoms with Crippen molar-refractivity contribution in [2.45, 2.75) is 0 Å². The quantitative estimate of drug-likeness (QED) is 0.657. The molecule has 0 aliphatic heterocycles. The molecule has 1 amide bonds. The van der Waals surface area contributed by atoms with Crippen LogP contribution < -0.4 is 9.47 Å². The van der Waals surface area contributed by atoms with Crippen LogP contribution in [0.2, 0.25) is 0 Å². The Morgan fingerprint density at radius 3 is 2.38 bits per heavy atom. The fourth-order valence-corrected chi connectivity index (χ4v) is 2.47. The van der Waals surface area contributed by atoms with Gasteiger partial charge in [0.05, 0.1) is 19.3 Å². The number of ether oxygens (including phenoxy) is 2. The lowest BCUT2D eigenvalue weighted by atomic mass is 10.2. The Hall–Kier alpha value is -3.28. The van der Waals surface area contributed by atoms with Crippen LogP contribution in [-0.4, -0.2) is 47.9 Å². The molecule has 0 fully saturated rings. The number of nitrogens with zero attached hydrogens (tertiary/aromatic N) is 3. The predicted octanol–water partition coefficient (Wildman–Crippen LogP) is 3.03. The summed E-state index contributed by atoms with van der Waals surface area (Å²) in [5.74, 6) is 1.48. The van der Waals surface area contributed by atoms with Crippen molar-refractivity contribution in [2.24, 2.45) is 0 Å². The van der Waals surface area contributed by atoms with E-state index in [4.69, 9.17) is 9.47 Å². The molecule has 0 atom stereocenters. The summed E-state index contributed by atoms with van der Waals surface area (Å²) in [5, 5.41) is 4.17. The first-order chi connectivity index (χ1) is 12.7. The molecule has 0 saturated carbocycles. The zero-order valence-electron chi connectivity index (χ0n) is 14.8. The van der Waals surface area contributed by atoms with E-state index in [0.29, 0.717) is 18.7 Å². The third-order valence-electron chi connectivity index (χ3n) is 3.98. The van der Waals surface area contributed by atoms with Gasteiger partial charge in [-0.3, -0.25) is 4.79 Å². The fraction of sp³-hybridized carbons (Fsp3) is 0.200. The van der Waals surface area contributed by atoms with Crippen molar-refractivity contribution in [1.82, 2.24) is 14.7 Å². The average molecular weight is 351 g/mol. The summed E-state index contributed by atoms with van der Waals surface area (Å²) in [4.78, 5) is 14.1. The maximum atomic E-state index is 12.5. The maximum Gasteiger partial charge on any atom is 0.253 e. The van der Waals surface area contributed by atoms with Crippen molar-refractivity contribution < 1.29 is 14.3 Å². The Morgan fingerprint density at radius 2 is 1.77 bits per heavy atom. The normalized spacial score (nSPS) is 10.4. The first kappa shape index (κ1) is 17.5. The molecule has 134 valence electrons. The molecular formula is C20H21N3O3. The van der Waals surface area contributed by atoms with E-state index in [2.05, 4.69) is 5.10 Å². The van der Waals surface area contributed by atoms with Gasteiger partial charge in [0.1, 0.15) is 18.1 Å². The van der Waals surface area contributed by atoms with E-state index in [1.807, 2.05) is 48.7 Å². The van der Waals surface area contributed by atoms with Crippen molar-refractivity contribution in [2.75, 3.05) is 27.3 Å². The summed E-state index contributed by atoms with van der Waals surface area (Å²) < 4.78 is 12.5. The second kappa shape index (κ2) is 8.20. The van der Waals surface area contributed by atoms with Crippen LogP contribution in [0.25, 0.3) is 5.69 Å². The summed E-state index contributed by atoms with van der Waals surface area (Å²) in [7, 11) is 3.39. The van der Waals surface area contributed by atoms with Crippen molar-refractivity contribution in [3.63, 3.8) is 0 Å². The third kappa shape index (κ3) is 4.22. The van der Waals surface area contributed by atoms with Crippen LogP contribution in [0.15, 0.2) is 67.0 Å². The average Bonchev–Trinajstić information content (AvgIpc) is 3.23. The lowest BCUT2D eigenvalue weighted by molar-refractivity contribution is 0.0774. The molecule has 0 radical (unpaired) electrons. The minimum absolute atomic E-state index is 0.0460. The van der Waals surface area contributed by atoms with E-state index in [9.17, 15) is 4.79 Å². The van der Waals surface area contributed by atoms with Gasteiger partial charge >= 0.3 is 0 Å². The van der Waals surface area contributed by atoms with Crippen LogP contribution in [0.5, 0.6) is 11.5 Å². The minimum Gasteiger partial charge on any atom is -0.497 e. The number of hydrogen-bond donors (Lipinski definition) is 0. The van der Waals surface area contributed by atoms with E-state index in [0.717, 1.165) is 17.2 Å². The SMILES string of the molecule is COc1ccc(OCCN(C)C(=O)c2ccc(-n3cccn3)cc2)cc1. The molecule has 0 aliphatic rings. The number of hydrogen-bond acceptors (Lipinski definition) is 4. The molecule has 6 heteroatoms. The fourth-order valence-electron chi connectivity index (χ4n) is 2.47. The first-order valence-electron chi connectivity index (χ1n) is 8.30. The Kier molecular flexibility index (Phi) is 5.53. The number of rotatable bonds is 7. The van der Waals surface area contributed by atoms with Crippen molar-refractivity contribution in [3.05, 3.63) is 72.6 Å². The molecular weight excluding hydrogens is 330 g/mol. The molecule has 0 spiro atoms. The standard InChI is InChI=1S/C20H21N3O3/c1-22(14-15-26-19-10-8-18(25-2)9-11-19)20(24)16-4-6-17(7-5-16)23-13-3-12-21-23/h3-13H,14-15H2,1-2H3. The molecule has 0 bridgehead atoms. The number of amides is 1. The van der Waals surface area contributed by atoms with E-state index < -0.39 is 0 Å². The van der Waals surface area contributed by atoms with E-state index in [1.165, 1.54) is 0 Å². The van der Waals surface area contributed by atoms with E-state index in [-0.39, 0.29) is 5.91 Å². The highest BCUT2D eigenvalue weighted by Crippen LogP contribution is 2.17. The van der Waals surface area contributed by atoms with E-state index in [1.54, 1.807) is 42.1 Å². The number of benzene rings is 2. The zero-order chi connectivity index (χ0) is 18.4. The van der Waals surface area contributed by atoms with Gasteiger partial charge in [0.2, 0.25) is 0 Å². The molecule has 0 N–H and O–H groups in total. The number of carbonyl (C=O) groups excluding carboxylic acids is 1. The van der Waals surface area contributed by atoms with Crippen LogP contribution >= 0.6 is 0 Å².